The summed E-state index contributed by atoms with van der Waals surface area (Å²) in [5.41, 5.74) is 3.78. The molecule has 1 unspecified atom stereocenters. The van der Waals surface area contributed by atoms with Crippen molar-refractivity contribution in [1.82, 2.24) is 0 Å². The first-order chi connectivity index (χ1) is 11.9. The van der Waals surface area contributed by atoms with E-state index in [4.69, 9.17) is 18.9 Å². The fourth-order valence-electron chi connectivity index (χ4n) is 3.69. The highest BCUT2D eigenvalue weighted by molar-refractivity contribution is 5.32. The number of fused-ring (bicyclic) bond motifs is 1. The average molecular weight is 348 g/mol. The number of aryl methyl sites for hydroxylation is 2. The van der Waals surface area contributed by atoms with E-state index in [1.54, 1.807) is 0 Å². The van der Waals surface area contributed by atoms with Gasteiger partial charge in [0.25, 0.3) is 0 Å². The third-order valence-electron chi connectivity index (χ3n) is 5.67. The maximum Gasteiger partial charge on any atom is 0.190 e. The molecule has 4 heteroatoms. The van der Waals surface area contributed by atoms with Crippen LogP contribution in [-0.2, 0) is 25.6 Å². The van der Waals surface area contributed by atoms with E-state index in [2.05, 4.69) is 52.8 Å². The lowest BCUT2D eigenvalue weighted by atomic mass is 10.0. The zero-order valence-corrected chi connectivity index (χ0v) is 16.4. The maximum absolute atomic E-state index is 6.37. The summed E-state index contributed by atoms with van der Waals surface area (Å²) in [7, 11) is 0. The van der Waals surface area contributed by atoms with E-state index in [0.717, 1.165) is 12.8 Å². The van der Waals surface area contributed by atoms with Crippen molar-refractivity contribution in [1.29, 1.82) is 0 Å². The fraction of sp³-hybridized carbons (Fsp3) is 0.714. The van der Waals surface area contributed by atoms with E-state index in [-0.39, 0.29) is 30.5 Å². The Bertz CT molecular complexity index is 579. The summed E-state index contributed by atoms with van der Waals surface area (Å²) in [6.45, 7) is 13.2. The van der Waals surface area contributed by atoms with Crippen molar-refractivity contribution in [3.8, 4) is 0 Å². The van der Waals surface area contributed by atoms with Crippen LogP contribution in [0.4, 0.5) is 0 Å². The normalized spacial score (nSPS) is 34.7. The molecule has 0 radical (unpaired) electrons. The van der Waals surface area contributed by atoms with Gasteiger partial charge in [0.15, 0.2) is 12.1 Å². The molecule has 2 saturated heterocycles. The standard InChI is InChI=1S/C21H32O4/c1-7-9-17-18(22-12-16-14(4)10-8-11-15(16)5)19-20(23-17)25-21(6,24-19)13(2)3/h8,10-11,13,17-20H,7,9,12H2,1-6H3/t17-,18+,19-,20-,21?/m1/s1. The molecule has 0 amide bonds. The predicted molar refractivity (Wildman–Crippen MR) is 97.3 cm³/mol. The molecule has 2 aliphatic rings. The summed E-state index contributed by atoms with van der Waals surface area (Å²) in [4.78, 5) is 0. The van der Waals surface area contributed by atoms with Gasteiger partial charge in [0.05, 0.1) is 12.7 Å². The molecule has 2 aliphatic heterocycles. The number of benzene rings is 1. The van der Waals surface area contributed by atoms with E-state index < -0.39 is 5.79 Å². The first-order valence-electron chi connectivity index (χ1n) is 9.53. The fourth-order valence-corrected chi connectivity index (χ4v) is 3.69. The van der Waals surface area contributed by atoms with Crippen molar-refractivity contribution < 1.29 is 18.9 Å². The van der Waals surface area contributed by atoms with Gasteiger partial charge in [-0.25, -0.2) is 0 Å². The summed E-state index contributed by atoms with van der Waals surface area (Å²) < 4.78 is 24.9. The topological polar surface area (TPSA) is 36.9 Å². The van der Waals surface area contributed by atoms with Gasteiger partial charge in [0.1, 0.15) is 12.2 Å². The molecule has 4 nitrogen and oxygen atoms in total. The molecule has 0 saturated carbocycles. The molecule has 140 valence electrons. The van der Waals surface area contributed by atoms with Crippen LogP contribution in [0.3, 0.4) is 0 Å². The van der Waals surface area contributed by atoms with Crippen molar-refractivity contribution in [2.75, 3.05) is 0 Å². The lowest BCUT2D eigenvalue weighted by molar-refractivity contribution is -0.247. The second kappa shape index (κ2) is 7.36. The molecule has 1 aromatic carbocycles. The Kier molecular flexibility index (Phi) is 5.54. The highest BCUT2D eigenvalue weighted by Gasteiger charge is 2.57. The minimum atomic E-state index is -0.604. The lowest BCUT2D eigenvalue weighted by Crippen LogP contribution is -2.40. The molecular weight excluding hydrogens is 316 g/mol. The Balaban J connectivity index is 1.75. The van der Waals surface area contributed by atoms with Crippen LogP contribution in [-0.4, -0.2) is 30.4 Å². The molecule has 0 bridgehead atoms. The zero-order chi connectivity index (χ0) is 18.2. The monoisotopic (exact) mass is 348 g/mol. The molecule has 0 aliphatic carbocycles. The van der Waals surface area contributed by atoms with Crippen molar-refractivity contribution in [2.24, 2.45) is 5.92 Å². The van der Waals surface area contributed by atoms with Gasteiger partial charge in [-0.3, -0.25) is 0 Å². The first-order valence-corrected chi connectivity index (χ1v) is 9.53. The molecule has 0 N–H and O–H groups in total. The second-order valence-electron chi connectivity index (χ2n) is 7.85. The van der Waals surface area contributed by atoms with Gasteiger partial charge in [0.2, 0.25) is 0 Å². The molecule has 25 heavy (non-hydrogen) atoms. The van der Waals surface area contributed by atoms with Crippen LogP contribution >= 0.6 is 0 Å². The number of hydrogen-bond acceptors (Lipinski definition) is 4. The number of ether oxygens (including phenoxy) is 4. The minimum Gasteiger partial charge on any atom is -0.368 e. The minimum absolute atomic E-state index is 0.0287. The molecule has 2 heterocycles. The summed E-state index contributed by atoms with van der Waals surface area (Å²) >= 11 is 0. The van der Waals surface area contributed by atoms with E-state index in [1.807, 2.05) is 6.92 Å². The van der Waals surface area contributed by atoms with Crippen LogP contribution in [0, 0.1) is 19.8 Å². The summed E-state index contributed by atoms with van der Waals surface area (Å²) in [5.74, 6) is -0.349. The van der Waals surface area contributed by atoms with Crippen LogP contribution in [0.1, 0.15) is 57.2 Å². The summed E-state index contributed by atoms with van der Waals surface area (Å²) in [6, 6.07) is 6.35. The molecule has 2 fully saturated rings. The first kappa shape index (κ1) is 18.8. The largest absolute Gasteiger partial charge is 0.368 e. The van der Waals surface area contributed by atoms with Crippen LogP contribution in [0.2, 0.25) is 0 Å². The smallest absolute Gasteiger partial charge is 0.190 e. The number of rotatable bonds is 6. The Hall–Kier alpha value is -0.940. The Morgan fingerprint density at radius 2 is 1.84 bits per heavy atom. The zero-order valence-electron chi connectivity index (χ0n) is 16.4. The summed E-state index contributed by atoms with van der Waals surface area (Å²) in [5, 5.41) is 0. The van der Waals surface area contributed by atoms with E-state index in [0.29, 0.717) is 6.61 Å². The van der Waals surface area contributed by atoms with Gasteiger partial charge >= 0.3 is 0 Å². The molecule has 5 atom stereocenters. The summed E-state index contributed by atoms with van der Waals surface area (Å²) in [6.07, 6.45) is 1.45. The SMILES string of the molecule is CCC[C@H]1O[C@@H]2OC(C)(C(C)C)O[C@@H]2[C@H]1OCc1c(C)cccc1C. The van der Waals surface area contributed by atoms with E-state index in [1.165, 1.54) is 16.7 Å². The highest BCUT2D eigenvalue weighted by Crippen LogP contribution is 2.43. The molecular formula is C21H32O4. The van der Waals surface area contributed by atoms with Crippen LogP contribution in [0.25, 0.3) is 0 Å². The van der Waals surface area contributed by atoms with Gasteiger partial charge < -0.3 is 18.9 Å². The van der Waals surface area contributed by atoms with Crippen molar-refractivity contribution in [2.45, 2.75) is 91.4 Å². The quantitative estimate of drug-likeness (QED) is 0.758. The second-order valence-corrected chi connectivity index (χ2v) is 7.85. The lowest BCUT2D eigenvalue weighted by Gasteiger charge is -2.31. The van der Waals surface area contributed by atoms with Crippen LogP contribution in [0.5, 0.6) is 0 Å². The molecule has 0 spiro atoms. The molecule has 3 rings (SSSR count). The third-order valence-corrected chi connectivity index (χ3v) is 5.67. The average Bonchev–Trinajstić information content (AvgIpc) is 3.02. The molecule has 1 aromatic rings. The van der Waals surface area contributed by atoms with E-state index in [9.17, 15) is 0 Å². The maximum atomic E-state index is 6.37. The van der Waals surface area contributed by atoms with Gasteiger partial charge in [0, 0.05) is 5.92 Å². The van der Waals surface area contributed by atoms with Gasteiger partial charge in [-0.05, 0) is 43.9 Å². The van der Waals surface area contributed by atoms with Crippen molar-refractivity contribution >= 4 is 0 Å². The van der Waals surface area contributed by atoms with Crippen LogP contribution in [0.15, 0.2) is 18.2 Å². The van der Waals surface area contributed by atoms with Crippen LogP contribution < -0.4 is 0 Å². The predicted octanol–water partition coefficient (Wildman–Crippen LogP) is 4.50. The van der Waals surface area contributed by atoms with Crippen molar-refractivity contribution in [3.05, 3.63) is 34.9 Å². The number of hydrogen-bond donors (Lipinski definition) is 0. The van der Waals surface area contributed by atoms with Gasteiger partial charge in [-0.2, -0.15) is 0 Å². The van der Waals surface area contributed by atoms with Gasteiger partial charge in [-0.15, -0.1) is 0 Å². The Morgan fingerprint density at radius 3 is 2.44 bits per heavy atom. The Morgan fingerprint density at radius 1 is 1.16 bits per heavy atom. The van der Waals surface area contributed by atoms with Gasteiger partial charge in [-0.1, -0.05) is 45.4 Å². The third kappa shape index (κ3) is 3.63. The van der Waals surface area contributed by atoms with Crippen molar-refractivity contribution in [3.63, 3.8) is 0 Å². The molecule has 0 aromatic heterocycles. The van der Waals surface area contributed by atoms with E-state index >= 15 is 0 Å². The highest BCUT2D eigenvalue weighted by atomic mass is 16.8. The Labute approximate surface area is 151 Å².